The summed E-state index contributed by atoms with van der Waals surface area (Å²) in [6.45, 7) is 7.52. The van der Waals surface area contributed by atoms with Gasteiger partial charge in [-0.2, -0.15) is 0 Å². The van der Waals surface area contributed by atoms with E-state index in [0.29, 0.717) is 0 Å². The molecule has 0 aromatic heterocycles. The number of benzene rings is 1. The standard InChI is InChI=1S/C10H9Br/c1-3-5-9-8(2)6-4-7-10(9)11/h3-7H,1-2H2/b9-5+. The molecule has 56 valence electrons. The minimum Gasteiger partial charge on any atom is -0.0990 e. The van der Waals surface area contributed by atoms with Crippen LogP contribution >= 0.6 is 15.9 Å². The quantitative estimate of drug-likeness (QED) is 0.661. The Bertz CT molecular complexity index is 363. The van der Waals surface area contributed by atoms with Crippen LogP contribution in [-0.2, 0) is 0 Å². The summed E-state index contributed by atoms with van der Waals surface area (Å²) in [7, 11) is 0. The molecule has 0 N–H and O–H groups in total. The zero-order chi connectivity index (χ0) is 8.27. The van der Waals surface area contributed by atoms with Gasteiger partial charge in [-0.25, -0.2) is 0 Å². The van der Waals surface area contributed by atoms with E-state index in [1.165, 1.54) is 0 Å². The molecule has 1 aromatic rings. The summed E-state index contributed by atoms with van der Waals surface area (Å²) >= 11 is 3.43. The SMILES string of the molecule is C=C/C=c1/c(Br)cccc1=C. The van der Waals surface area contributed by atoms with Crippen LogP contribution in [0.25, 0.3) is 12.7 Å². The molecule has 0 radical (unpaired) electrons. The lowest BCUT2D eigenvalue weighted by molar-refractivity contribution is 1.49. The summed E-state index contributed by atoms with van der Waals surface area (Å²) in [5.41, 5.74) is 0. The van der Waals surface area contributed by atoms with E-state index < -0.39 is 0 Å². The first-order valence-corrected chi connectivity index (χ1v) is 4.11. The van der Waals surface area contributed by atoms with Crippen LogP contribution in [0.15, 0.2) is 35.3 Å². The van der Waals surface area contributed by atoms with Crippen molar-refractivity contribution < 1.29 is 0 Å². The molecule has 0 fully saturated rings. The van der Waals surface area contributed by atoms with Gasteiger partial charge in [0.1, 0.15) is 0 Å². The number of halogens is 1. The minimum atomic E-state index is 1.01. The molecule has 0 unspecified atom stereocenters. The van der Waals surface area contributed by atoms with Crippen molar-refractivity contribution in [3.63, 3.8) is 0 Å². The molecular weight excluding hydrogens is 200 g/mol. The van der Waals surface area contributed by atoms with E-state index in [0.717, 1.165) is 14.9 Å². The third kappa shape index (κ3) is 1.81. The fourth-order valence-corrected chi connectivity index (χ4v) is 1.43. The lowest BCUT2D eigenvalue weighted by Crippen LogP contribution is -2.23. The fourth-order valence-electron chi connectivity index (χ4n) is 0.886. The van der Waals surface area contributed by atoms with E-state index in [1.807, 2.05) is 24.3 Å². The van der Waals surface area contributed by atoms with Crippen LogP contribution in [0.1, 0.15) is 0 Å². The third-order valence-electron chi connectivity index (χ3n) is 1.43. The Morgan fingerprint density at radius 2 is 2.09 bits per heavy atom. The first-order valence-electron chi connectivity index (χ1n) is 3.32. The van der Waals surface area contributed by atoms with Gasteiger partial charge in [0.05, 0.1) is 0 Å². The van der Waals surface area contributed by atoms with Crippen LogP contribution in [0, 0.1) is 0 Å². The molecule has 0 nitrogen and oxygen atoms in total. The fraction of sp³-hybridized carbons (Fsp3) is 0. The van der Waals surface area contributed by atoms with E-state index in [1.54, 1.807) is 6.08 Å². The van der Waals surface area contributed by atoms with Crippen LogP contribution in [0.5, 0.6) is 0 Å². The van der Waals surface area contributed by atoms with Gasteiger partial charge in [0.15, 0.2) is 0 Å². The molecule has 0 aliphatic heterocycles. The molecule has 0 aliphatic rings. The van der Waals surface area contributed by atoms with Crippen LogP contribution < -0.4 is 10.4 Å². The van der Waals surface area contributed by atoms with Crippen molar-refractivity contribution in [1.29, 1.82) is 0 Å². The lowest BCUT2D eigenvalue weighted by Gasteiger charge is -1.90. The molecule has 0 aliphatic carbocycles. The minimum absolute atomic E-state index is 1.01. The summed E-state index contributed by atoms with van der Waals surface area (Å²) in [4.78, 5) is 0. The topological polar surface area (TPSA) is 0 Å². The second-order valence-corrected chi connectivity index (χ2v) is 3.07. The largest absolute Gasteiger partial charge is 0.0990 e. The molecule has 0 spiro atoms. The maximum Gasteiger partial charge on any atom is 0.0253 e. The highest BCUT2D eigenvalue weighted by Crippen LogP contribution is 1.97. The summed E-state index contributed by atoms with van der Waals surface area (Å²) < 4.78 is 1.06. The number of hydrogen-bond donors (Lipinski definition) is 0. The van der Waals surface area contributed by atoms with Gasteiger partial charge >= 0.3 is 0 Å². The van der Waals surface area contributed by atoms with E-state index in [4.69, 9.17) is 0 Å². The second-order valence-electron chi connectivity index (χ2n) is 2.22. The van der Waals surface area contributed by atoms with Crippen LogP contribution in [0.3, 0.4) is 0 Å². The normalized spacial score (nSPS) is 11.5. The highest BCUT2D eigenvalue weighted by atomic mass is 79.9. The monoisotopic (exact) mass is 208 g/mol. The van der Waals surface area contributed by atoms with Crippen molar-refractivity contribution in [2.45, 2.75) is 0 Å². The molecule has 0 bridgehead atoms. The van der Waals surface area contributed by atoms with Gasteiger partial charge in [-0.05, 0) is 16.5 Å². The maximum atomic E-state index is 3.89. The third-order valence-corrected chi connectivity index (χ3v) is 2.12. The maximum absolute atomic E-state index is 3.89. The summed E-state index contributed by atoms with van der Waals surface area (Å²) in [6, 6.07) is 5.93. The number of hydrogen-bond acceptors (Lipinski definition) is 0. The van der Waals surface area contributed by atoms with Crippen molar-refractivity contribution >= 4 is 28.6 Å². The molecule has 11 heavy (non-hydrogen) atoms. The Balaban J connectivity index is 3.57. The zero-order valence-corrected chi connectivity index (χ0v) is 7.76. The van der Waals surface area contributed by atoms with Crippen LogP contribution in [-0.4, -0.2) is 0 Å². The van der Waals surface area contributed by atoms with Gasteiger partial charge < -0.3 is 0 Å². The molecule has 1 rings (SSSR count). The molecule has 0 heterocycles. The van der Waals surface area contributed by atoms with Gasteiger partial charge in [0.2, 0.25) is 0 Å². The molecule has 1 heteroatoms. The Hall–Kier alpha value is -0.820. The predicted octanol–water partition coefficient (Wildman–Crippen LogP) is 1.83. The molecule has 0 saturated carbocycles. The van der Waals surface area contributed by atoms with E-state index >= 15 is 0 Å². The Labute approximate surface area is 74.7 Å². The van der Waals surface area contributed by atoms with E-state index in [2.05, 4.69) is 29.1 Å². The van der Waals surface area contributed by atoms with E-state index in [-0.39, 0.29) is 0 Å². The molecule has 0 atom stereocenters. The van der Waals surface area contributed by atoms with Gasteiger partial charge in [-0.15, -0.1) is 0 Å². The van der Waals surface area contributed by atoms with Crippen molar-refractivity contribution in [3.05, 3.63) is 45.8 Å². The predicted molar refractivity (Wildman–Crippen MR) is 53.6 cm³/mol. The summed E-state index contributed by atoms with van der Waals surface area (Å²) in [5.74, 6) is 0. The van der Waals surface area contributed by atoms with Crippen LogP contribution in [0.2, 0.25) is 0 Å². The highest BCUT2D eigenvalue weighted by molar-refractivity contribution is 9.10. The Morgan fingerprint density at radius 1 is 1.36 bits per heavy atom. The molecule has 0 saturated heterocycles. The Kier molecular flexibility index (Phi) is 2.66. The van der Waals surface area contributed by atoms with Gasteiger partial charge in [-0.1, -0.05) is 53.4 Å². The molecule has 0 amide bonds. The summed E-state index contributed by atoms with van der Waals surface area (Å²) in [6.07, 6.45) is 3.70. The van der Waals surface area contributed by atoms with Gasteiger partial charge in [0, 0.05) is 4.47 Å². The number of allylic oxidation sites excluding steroid dienone is 1. The average Bonchev–Trinajstić information content (AvgIpc) is 1.97. The van der Waals surface area contributed by atoms with Gasteiger partial charge in [-0.3, -0.25) is 0 Å². The zero-order valence-electron chi connectivity index (χ0n) is 6.18. The Morgan fingerprint density at radius 3 is 2.64 bits per heavy atom. The molecule has 1 aromatic carbocycles. The second kappa shape index (κ2) is 3.54. The molecular formula is C10H9Br. The van der Waals surface area contributed by atoms with Crippen molar-refractivity contribution in [2.75, 3.05) is 0 Å². The van der Waals surface area contributed by atoms with Gasteiger partial charge in [0.25, 0.3) is 0 Å². The van der Waals surface area contributed by atoms with E-state index in [9.17, 15) is 0 Å². The average molecular weight is 209 g/mol. The lowest BCUT2D eigenvalue weighted by atomic mass is 10.2. The summed E-state index contributed by atoms with van der Waals surface area (Å²) in [5, 5.41) is 2.11. The highest BCUT2D eigenvalue weighted by Gasteiger charge is 1.87. The first-order chi connectivity index (χ1) is 5.25. The van der Waals surface area contributed by atoms with Crippen molar-refractivity contribution in [2.24, 2.45) is 0 Å². The van der Waals surface area contributed by atoms with Crippen LogP contribution in [0.4, 0.5) is 0 Å². The van der Waals surface area contributed by atoms with Crippen molar-refractivity contribution in [1.82, 2.24) is 0 Å². The smallest absolute Gasteiger partial charge is 0.0253 e. The number of rotatable bonds is 1. The first kappa shape index (κ1) is 8.28. The van der Waals surface area contributed by atoms with Crippen molar-refractivity contribution in [3.8, 4) is 0 Å².